The zero-order valence-electron chi connectivity index (χ0n) is 12.0. The van der Waals surface area contributed by atoms with E-state index in [1.54, 1.807) is 6.07 Å². The minimum atomic E-state index is 0.344. The zero-order chi connectivity index (χ0) is 13.4. The molecule has 0 heterocycles. The van der Waals surface area contributed by atoms with E-state index in [9.17, 15) is 5.11 Å². The summed E-state index contributed by atoms with van der Waals surface area (Å²) >= 11 is 0. The van der Waals surface area contributed by atoms with Crippen molar-refractivity contribution in [3.8, 4) is 5.75 Å². The highest BCUT2D eigenvalue weighted by Gasteiger charge is 2.16. The second-order valence-corrected chi connectivity index (χ2v) is 5.89. The predicted octanol–water partition coefficient (Wildman–Crippen LogP) is 4.09. The van der Waals surface area contributed by atoms with E-state index >= 15 is 0 Å². The van der Waals surface area contributed by atoms with Crippen LogP contribution in [0.1, 0.15) is 52.0 Å². The first-order valence-electron chi connectivity index (χ1n) is 7.02. The molecule has 2 nitrogen and oxygen atoms in total. The number of unbranched alkanes of at least 4 members (excludes halogenated alkanes) is 2. The van der Waals surface area contributed by atoms with Gasteiger partial charge in [0.15, 0.2) is 0 Å². The highest BCUT2D eigenvalue weighted by Crippen LogP contribution is 2.22. The van der Waals surface area contributed by atoms with Crippen LogP contribution in [-0.4, -0.2) is 11.7 Å². The van der Waals surface area contributed by atoms with Gasteiger partial charge in [0, 0.05) is 13.1 Å². The molecule has 2 heteroatoms. The topological polar surface area (TPSA) is 32.3 Å². The molecule has 1 aromatic carbocycles. The van der Waals surface area contributed by atoms with Gasteiger partial charge in [-0.2, -0.15) is 0 Å². The largest absolute Gasteiger partial charge is 0.508 e. The Morgan fingerprint density at radius 3 is 2.67 bits per heavy atom. The number of phenols is 1. The van der Waals surface area contributed by atoms with Gasteiger partial charge in [0.1, 0.15) is 5.75 Å². The lowest BCUT2D eigenvalue weighted by Crippen LogP contribution is -2.29. The lowest BCUT2D eigenvalue weighted by Gasteiger charge is -2.25. The van der Waals surface area contributed by atoms with Crippen molar-refractivity contribution in [2.24, 2.45) is 5.41 Å². The molecule has 102 valence electrons. The number of aromatic hydroxyl groups is 1. The molecule has 0 saturated heterocycles. The fraction of sp³-hybridized carbons (Fsp3) is 0.625. The standard InChI is InChI=1S/C16H27NO/c1-4-5-6-10-16(2,3)13-17-12-14-8-7-9-15(18)11-14/h7-9,11,17-18H,4-6,10,12-13H2,1-3H3. The van der Waals surface area contributed by atoms with E-state index in [-0.39, 0.29) is 0 Å². The summed E-state index contributed by atoms with van der Waals surface area (Å²) in [5, 5.41) is 12.9. The number of rotatable bonds is 8. The van der Waals surface area contributed by atoms with Crippen LogP contribution < -0.4 is 5.32 Å². The Morgan fingerprint density at radius 2 is 2.00 bits per heavy atom. The molecule has 1 rings (SSSR count). The molecule has 0 aliphatic heterocycles. The van der Waals surface area contributed by atoms with E-state index in [1.807, 2.05) is 18.2 Å². The molecule has 0 atom stereocenters. The molecule has 0 saturated carbocycles. The van der Waals surface area contributed by atoms with Gasteiger partial charge in [-0.3, -0.25) is 0 Å². The van der Waals surface area contributed by atoms with Gasteiger partial charge < -0.3 is 10.4 Å². The van der Waals surface area contributed by atoms with E-state index in [2.05, 4.69) is 26.1 Å². The van der Waals surface area contributed by atoms with Crippen molar-refractivity contribution in [1.29, 1.82) is 0 Å². The Labute approximate surface area is 111 Å². The molecule has 1 aromatic rings. The van der Waals surface area contributed by atoms with Crippen LogP contribution >= 0.6 is 0 Å². The molecular formula is C16H27NO. The molecule has 0 amide bonds. The van der Waals surface area contributed by atoms with E-state index in [0.29, 0.717) is 11.2 Å². The molecule has 0 fully saturated rings. The summed E-state index contributed by atoms with van der Waals surface area (Å²) in [5.41, 5.74) is 1.49. The molecule has 0 aromatic heterocycles. The van der Waals surface area contributed by atoms with Crippen molar-refractivity contribution in [1.82, 2.24) is 5.32 Å². The van der Waals surface area contributed by atoms with Crippen LogP contribution in [0.5, 0.6) is 5.75 Å². The van der Waals surface area contributed by atoms with Crippen molar-refractivity contribution in [2.45, 2.75) is 53.0 Å². The molecule has 0 unspecified atom stereocenters. The third-order valence-corrected chi connectivity index (χ3v) is 3.30. The Balaban J connectivity index is 2.27. The van der Waals surface area contributed by atoms with E-state index in [0.717, 1.165) is 18.7 Å². The molecule has 0 aliphatic carbocycles. The van der Waals surface area contributed by atoms with Crippen molar-refractivity contribution in [3.63, 3.8) is 0 Å². The molecule has 2 N–H and O–H groups in total. The molecule has 0 radical (unpaired) electrons. The third kappa shape index (κ3) is 6.06. The monoisotopic (exact) mass is 249 g/mol. The molecule has 0 spiro atoms. The minimum Gasteiger partial charge on any atom is -0.508 e. The van der Waals surface area contributed by atoms with Gasteiger partial charge in [-0.25, -0.2) is 0 Å². The zero-order valence-corrected chi connectivity index (χ0v) is 12.0. The van der Waals surface area contributed by atoms with Crippen LogP contribution in [0.2, 0.25) is 0 Å². The Bertz CT molecular complexity index is 347. The van der Waals surface area contributed by atoms with Gasteiger partial charge in [-0.1, -0.05) is 52.2 Å². The van der Waals surface area contributed by atoms with Crippen LogP contribution in [0.25, 0.3) is 0 Å². The average Bonchev–Trinajstić information content (AvgIpc) is 2.29. The minimum absolute atomic E-state index is 0.344. The number of hydrogen-bond acceptors (Lipinski definition) is 2. The summed E-state index contributed by atoms with van der Waals surface area (Å²) < 4.78 is 0. The summed E-state index contributed by atoms with van der Waals surface area (Å²) in [7, 11) is 0. The van der Waals surface area contributed by atoms with Gasteiger partial charge in [0.25, 0.3) is 0 Å². The summed E-state index contributed by atoms with van der Waals surface area (Å²) in [5.74, 6) is 0.344. The maximum Gasteiger partial charge on any atom is 0.115 e. The first-order valence-corrected chi connectivity index (χ1v) is 7.02. The highest BCUT2D eigenvalue weighted by atomic mass is 16.3. The number of nitrogens with one attached hydrogen (secondary N) is 1. The Hall–Kier alpha value is -1.02. The van der Waals surface area contributed by atoms with Crippen LogP contribution in [0.15, 0.2) is 24.3 Å². The number of hydrogen-bond donors (Lipinski definition) is 2. The third-order valence-electron chi connectivity index (χ3n) is 3.30. The molecular weight excluding hydrogens is 222 g/mol. The van der Waals surface area contributed by atoms with Gasteiger partial charge in [-0.15, -0.1) is 0 Å². The van der Waals surface area contributed by atoms with Crippen LogP contribution in [0.3, 0.4) is 0 Å². The lowest BCUT2D eigenvalue weighted by atomic mass is 9.87. The second-order valence-electron chi connectivity index (χ2n) is 5.89. The van der Waals surface area contributed by atoms with Crippen LogP contribution in [-0.2, 0) is 6.54 Å². The average molecular weight is 249 g/mol. The maximum atomic E-state index is 9.39. The summed E-state index contributed by atoms with van der Waals surface area (Å²) in [6.45, 7) is 8.72. The van der Waals surface area contributed by atoms with Crippen molar-refractivity contribution < 1.29 is 5.11 Å². The quantitative estimate of drug-likeness (QED) is 0.680. The number of phenolic OH excluding ortho intramolecular Hbond substituents is 1. The number of benzene rings is 1. The van der Waals surface area contributed by atoms with Crippen molar-refractivity contribution in [2.75, 3.05) is 6.54 Å². The fourth-order valence-corrected chi connectivity index (χ4v) is 2.15. The van der Waals surface area contributed by atoms with Gasteiger partial charge in [0.05, 0.1) is 0 Å². The van der Waals surface area contributed by atoms with E-state index in [1.165, 1.54) is 25.7 Å². The normalized spacial score (nSPS) is 11.7. The Kier molecular flexibility index (Phi) is 6.20. The summed E-state index contributed by atoms with van der Waals surface area (Å²) in [4.78, 5) is 0. The molecule has 0 bridgehead atoms. The van der Waals surface area contributed by atoms with Gasteiger partial charge in [0.2, 0.25) is 0 Å². The second kappa shape index (κ2) is 7.42. The lowest BCUT2D eigenvalue weighted by molar-refractivity contribution is 0.302. The van der Waals surface area contributed by atoms with Crippen LogP contribution in [0, 0.1) is 5.41 Å². The molecule has 18 heavy (non-hydrogen) atoms. The van der Waals surface area contributed by atoms with Gasteiger partial charge >= 0.3 is 0 Å². The van der Waals surface area contributed by atoms with E-state index < -0.39 is 0 Å². The van der Waals surface area contributed by atoms with Crippen LogP contribution in [0.4, 0.5) is 0 Å². The van der Waals surface area contributed by atoms with Crippen molar-refractivity contribution >= 4 is 0 Å². The summed E-state index contributed by atoms with van der Waals surface area (Å²) in [6.07, 6.45) is 5.20. The smallest absolute Gasteiger partial charge is 0.115 e. The fourth-order valence-electron chi connectivity index (χ4n) is 2.15. The highest BCUT2D eigenvalue weighted by molar-refractivity contribution is 5.26. The summed E-state index contributed by atoms with van der Waals surface area (Å²) in [6, 6.07) is 7.45. The predicted molar refractivity (Wildman–Crippen MR) is 77.7 cm³/mol. The Morgan fingerprint density at radius 1 is 1.22 bits per heavy atom. The SMILES string of the molecule is CCCCCC(C)(C)CNCc1cccc(O)c1. The first kappa shape index (κ1) is 15.0. The first-order chi connectivity index (χ1) is 8.53. The van der Waals surface area contributed by atoms with E-state index in [4.69, 9.17) is 0 Å². The maximum absolute atomic E-state index is 9.39. The van der Waals surface area contributed by atoms with Crippen molar-refractivity contribution in [3.05, 3.63) is 29.8 Å². The molecule has 0 aliphatic rings. The van der Waals surface area contributed by atoms with Gasteiger partial charge in [-0.05, 0) is 29.5 Å².